The van der Waals surface area contributed by atoms with Gasteiger partial charge in [-0.2, -0.15) is 0 Å². The minimum Gasteiger partial charge on any atom is -0.493 e. The second-order valence-electron chi connectivity index (χ2n) is 6.33. The first-order valence-corrected chi connectivity index (χ1v) is 10.2. The number of carbonyl (C=O) groups is 2. The fourth-order valence-corrected chi connectivity index (χ4v) is 3.01. The molecule has 0 radical (unpaired) electrons. The van der Waals surface area contributed by atoms with Gasteiger partial charge in [-0.05, 0) is 61.5 Å². The molecular formula is C24H19Cl2NO4. The van der Waals surface area contributed by atoms with E-state index in [0.29, 0.717) is 39.4 Å². The maximum atomic E-state index is 12.4. The number of carbonyl (C=O) groups excluding carboxylic acids is 2. The molecule has 0 bridgehead atoms. The molecule has 1 amide bonds. The van der Waals surface area contributed by atoms with Crippen molar-refractivity contribution < 1.29 is 19.1 Å². The topological polar surface area (TPSA) is 64.6 Å². The molecule has 0 saturated carbocycles. The van der Waals surface area contributed by atoms with E-state index >= 15 is 0 Å². The maximum Gasteiger partial charge on any atom is 0.336 e. The van der Waals surface area contributed by atoms with E-state index in [9.17, 15) is 9.59 Å². The molecule has 31 heavy (non-hydrogen) atoms. The van der Waals surface area contributed by atoms with Crippen LogP contribution in [0.1, 0.15) is 22.8 Å². The molecule has 0 aliphatic carbocycles. The number of anilines is 1. The highest BCUT2D eigenvalue weighted by molar-refractivity contribution is 6.35. The van der Waals surface area contributed by atoms with Gasteiger partial charge in [0, 0.05) is 22.2 Å². The SMILES string of the molecule is CCOc1ccccc1/C=C/C(=O)Oc1ccc(C(=O)Nc2cc(Cl)ccc2Cl)cc1. The Balaban J connectivity index is 1.62. The van der Waals surface area contributed by atoms with Gasteiger partial charge in [0.2, 0.25) is 0 Å². The van der Waals surface area contributed by atoms with Crippen molar-refractivity contribution in [2.24, 2.45) is 0 Å². The van der Waals surface area contributed by atoms with Crippen molar-refractivity contribution in [1.82, 2.24) is 0 Å². The lowest BCUT2D eigenvalue weighted by atomic mass is 10.2. The van der Waals surface area contributed by atoms with Crippen LogP contribution in [0.25, 0.3) is 6.08 Å². The summed E-state index contributed by atoms with van der Waals surface area (Å²) in [5.41, 5.74) is 1.55. The van der Waals surface area contributed by atoms with Crippen molar-refractivity contribution >= 4 is 46.8 Å². The zero-order chi connectivity index (χ0) is 22.2. The Kier molecular flexibility index (Phi) is 7.70. The van der Waals surface area contributed by atoms with E-state index in [1.807, 2.05) is 31.2 Å². The van der Waals surface area contributed by atoms with Crippen LogP contribution in [0.3, 0.4) is 0 Å². The summed E-state index contributed by atoms with van der Waals surface area (Å²) in [5.74, 6) is 0.0815. The zero-order valence-electron chi connectivity index (χ0n) is 16.6. The minimum atomic E-state index is -0.547. The van der Waals surface area contributed by atoms with Gasteiger partial charge in [0.05, 0.1) is 17.3 Å². The molecule has 0 aliphatic heterocycles. The number of rotatable bonds is 7. The molecule has 5 nitrogen and oxygen atoms in total. The summed E-state index contributed by atoms with van der Waals surface area (Å²) in [6.45, 7) is 2.42. The molecule has 3 rings (SSSR count). The van der Waals surface area contributed by atoms with E-state index < -0.39 is 5.97 Å². The highest BCUT2D eigenvalue weighted by atomic mass is 35.5. The molecule has 1 N–H and O–H groups in total. The Morgan fingerprint density at radius 2 is 1.74 bits per heavy atom. The third-order valence-corrected chi connectivity index (χ3v) is 4.69. The quantitative estimate of drug-likeness (QED) is 0.259. The standard InChI is InChI=1S/C24H19Cl2NO4/c1-2-30-22-6-4-3-5-16(22)9-14-23(28)31-19-11-7-17(8-12-19)24(29)27-21-15-18(25)10-13-20(21)26/h3-15H,2H2,1H3,(H,27,29)/b14-9+. The maximum absolute atomic E-state index is 12.4. The monoisotopic (exact) mass is 455 g/mol. The summed E-state index contributed by atoms with van der Waals surface area (Å²) in [6.07, 6.45) is 2.95. The number of esters is 1. The summed E-state index contributed by atoms with van der Waals surface area (Å²) in [5, 5.41) is 3.53. The van der Waals surface area contributed by atoms with Gasteiger partial charge in [0.1, 0.15) is 11.5 Å². The summed E-state index contributed by atoms with van der Waals surface area (Å²) >= 11 is 12.0. The number of para-hydroxylation sites is 1. The zero-order valence-corrected chi connectivity index (χ0v) is 18.1. The molecule has 158 valence electrons. The first-order valence-electron chi connectivity index (χ1n) is 9.44. The molecule has 0 unspecified atom stereocenters. The van der Waals surface area contributed by atoms with Gasteiger partial charge in [0.15, 0.2) is 0 Å². The van der Waals surface area contributed by atoms with Crippen LogP contribution in [0.15, 0.2) is 72.8 Å². The molecule has 0 aromatic heterocycles. The lowest BCUT2D eigenvalue weighted by molar-refractivity contribution is -0.128. The van der Waals surface area contributed by atoms with Crippen LogP contribution < -0.4 is 14.8 Å². The van der Waals surface area contributed by atoms with E-state index in [2.05, 4.69) is 5.32 Å². The van der Waals surface area contributed by atoms with Gasteiger partial charge in [-0.25, -0.2) is 4.79 Å². The lowest BCUT2D eigenvalue weighted by Crippen LogP contribution is -2.12. The fraction of sp³-hybridized carbons (Fsp3) is 0.0833. The van der Waals surface area contributed by atoms with E-state index in [-0.39, 0.29) is 5.91 Å². The first-order chi connectivity index (χ1) is 15.0. The molecule has 0 atom stereocenters. The molecule has 0 saturated heterocycles. The van der Waals surface area contributed by atoms with Crippen molar-refractivity contribution in [2.45, 2.75) is 6.92 Å². The van der Waals surface area contributed by atoms with E-state index in [4.69, 9.17) is 32.7 Å². The van der Waals surface area contributed by atoms with Crippen molar-refractivity contribution in [3.8, 4) is 11.5 Å². The summed E-state index contributed by atoms with van der Waals surface area (Å²) in [6, 6.07) is 18.3. The molecule has 3 aromatic rings. The Morgan fingerprint density at radius 1 is 1.00 bits per heavy atom. The minimum absolute atomic E-state index is 0.310. The van der Waals surface area contributed by atoms with Gasteiger partial charge in [0.25, 0.3) is 5.91 Å². The van der Waals surface area contributed by atoms with Gasteiger partial charge in [-0.15, -0.1) is 0 Å². The van der Waals surface area contributed by atoms with E-state index in [1.165, 1.54) is 18.2 Å². The van der Waals surface area contributed by atoms with E-state index in [1.54, 1.807) is 36.4 Å². The number of hydrogen-bond acceptors (Lipinski definition) is 4. The number of halogens is 2. The predicted molar refractivity (Wildman–Crippen MR) is 123 cm³/mol. The molecule has 0 spiro atoms. The van der Waals surface area contributed by atoms with Crippen molar-refractivity contribution in [2.75, 3.05) is 11.9 Å². The third kappa shape index (κ3) is 6.35. The fourth-order valence-electron chi connectivity index (χ4n) is 2.68. The lowest BCUT2D eigenvalue weighted by Gasteiger charge is -2.08. The predicted octanol–water partition coefficient (Wildman–Crippen LogP) is 6.26. The number of ether oxygens (including phenoxy) is 2. The summed E-state index contributed by atoms with van der Waals surface area (Å²) in [7, 11) is 0. The molecular weight excluding hydrogens is 437 g/mol. The van der Waals surface area contributed by atoms with E-state index in [0.717, 1.165) is 5.56 Å². The normalized spacial score (nSPS) is 10.7. The third-order valence-electron chi connectivity index (χ3n) is 4.13. The molecule has 3 aromatic carbocycles. The summed E-state index contributed by atoms with van der Waals surface area (Å²) < 4.78 is 10.8. The van der Waals surface area contributed by atoms with Gasteiger partial charge in [-0.1, -0.05) is 41.4 Å². The average molecular weight is 456 g/mol. The number of benzene rings is 3. The van der Waals surface area contributed by atoms with Gasteiger partial charge >= 0.3 is 5.97 Å². The van der Waals surface area contributed by atoms with Crippen LogP contribution in [0.2, 0.25) is 10.0 Å². The molecule has 0 aliphatic rings. The highest BCUT2D eigenvalue weighted by Crippen LogP contribution is 2.26. The largest absolute Gasteiger partial charge is 0.493 e. The number of nitrogens with one attached hydrogen (secondary N) is 1. The van der Waals surface area contributed by atoms with Crippen LogP contribution in [0.5, 0.6) is 11.5 Å². The second kappa shape index (κ2) is 10.7. The first kappa shape index (κ1) is 22.4. The van der Waals surface area contributed by atoms with Gasteiger partial charge < -0.3 is 14.8 Å². The molecule has 0 fully saturated rings. The highest BCUT2D eigenvalue weighted by Gasteiger charge is 2.10. The number of hydrogen-bond donors (Lipinski definition) is 1. The van der Waals surface area contributed by atoms with Crippen LogP contribution in [0, 0.1) is 0 Å². The van der Waals surface area contributed by atoms with Crippen molar-refractivity contribution in [1.29, 1.82) is 0 Å². The van der Waals surface area contributed by atoms with Crippen LogP contribution in [-0.2, 0) is 4.79 Å². The molecule has 0 heterocycles. The van der Waals surface area contributed by atoms with Crippen LogP contribution in [0.4, 0.5) is 5.69 Å². The Hall–Kier alpha value is -3.28. The van der Waals surface area contributed by atoms with Crippen LogP contribution >= 0.6 is 23.2 Å². The van der Waals surface area contributed by atoms with Crippen LogP contribution in [-0.4, -0.2) is 18.5 Å². The Morgan fingerprint density at radius 3 is 2.48 bits per heavy atom. The smallest absolute Gasteiger partial charge is 0.336 e. The van der Waals surface area contributed by atoms with Crippen molar-refractivity contribution in [3.63, 3.8) is 0 Å². The molecule has 7 heteroatoms. The Bertz CT molecular complexity index is 1110. The average Bonchev–Trinajstić information content (AvgIpc) is 2.76. The summed E-state index contributed by atoms with van der Waals surface area (Å²) in [4.78, 5) is 24.5. The van der Waals surface area contributed by atoms with Crippen molar-refractivity contribution in [3.05, 3.63) is 94.0 Å². The number of amides is 1. The second-order valence-corrected chi connectivity index (χ2v) is 7.17. The van der Waals surface area contributed by atoms with Gasteiger partial charge in [-0.3, -0.25) is 4.79 Å². The Labute approximate surface area is 190 Å².